The normalized spacial score (nSPS) is 10.8. The Labute approximate surface area is 91.5 Å². The van der Waals surface area contributed by atoms with E-state index in [-0.39, 0.29) is 0 Å². The zero-order chi connectivity index (χ0) is 10.1. The molecule has 0 amide bonds. The van der Waals surface area contributed by atoms with Gasteiger partial charge in [-0.05, 0) is 41.4 Å². The van der Waals surface area contributed by atoms with E-state index in [0.717, 1.165) is 23.0 Å². The lowest BCUT2D eigenvalue weighted by Gasteiger charge is -2.04. The number of halogens is 1. The summed E-state index contributed by atoms with van der Waals surface area (Å²) < 4.78 is 0.672. The van der Waals surface area contributed by atoms with E-state index >= 15 is 0 Å². The van der Waals surface area contributed by atoms with E-state index < -0.39 is 0 Å². The van der Waals surface area contributed by atoms with Crippen LogP contribution in [0.15, 0.2) is 22.9 Å². The Hall–Kier alpha value is -0.960. The van der Waals surface area contributed by atoms with Crippen LogP contribution in [0.3, 0.4) is 0 Å². The van der Waals surface area contributed by atoms with Gasteiger partial charge in [0.25, 0.3) is 0 Å². The zero-order valence-corrected chi connectivity index (χ0v) is 9.80. The summed E-state index contributed by atoms with van der Waals surface area (Å²) in [7, 11) is 0. The number of hydrogen-bond donors (Lipinski definition) is 0. The Bertz CT molecular complexity index is 480. The highest BCUT2D eigenvalue weighted by Gasteiger charge is 2.04. The van der Waals surface area contributed by atoms with Gasteiger partial charge in [0.1, 0.15) is 0 Å². The summed E-state index contributed by atoms with van der Waals surface area (Å²) in [4.78, 5) is 8.70. The molecule has 2 aromatic rings. The molecule has 0 aliphatic carbocycles. The molecule has 0 bridgehead atoms. The first-order valence-electron chi connectivity index (χ1n) is 4.63. The Kier molecular flexibility index (Phi) is 2.50. The molecule has 2 rings (SSSR count). The van der Waals surface area contributed by atoms with Crippen LogP contribution in [-0.4, -0.2) is 9.97 Å². The van der Waals surface area contributed by atoms with Crippen LogP contribution >= 0.6 is 15.9 Å². The summed E-state index contributed by atoms with van der Waals surface area (Å²) in [5.74, 6) is 0. The molecular formula is C11H11BrN2. The van der Waals surface area contributed by atoms with Gasteiger partial charge in [-0.3, -0.25) is 0 Å². The molecule has 0 saturated heterocycles. The molecule has 0 N–H and O–H groups in total. The van der Waals surface area contributed by atoms with Gasteiger partial charge < -0.3 is 0 Å². The molecule has 0 spiro atoms. The summed E-state index contributed by atoms with van der Waals surface area (Å²) in [5, 5.41) is 1.16. The molecule has 1 heterocycles. The highest BCUT2D eigenvalue weighted by atomic mass is 79.9. The SMILES string of the molecule is CCc1nc(Br)nc2ccc(C)cc12. The van der Waals surface area contributed by atoms with Crippen molar-refractivity contribution in [3.8, 4) is 0 Å². The number of hydrogen-bond acceptors (Lipinski definition) is 2. The molecular weight excluding hydrogens is 240 g/mol. The highest BCUT2D eigenvalue weighted by Crippen LogP contribution is 2.19. The van der Waals surface area contributed by atoms with Gasteiger partial charge in [-0.15, -0.1) is 0 Å². The Morgan fingerprint density at radius 1 is 1.29 bits per heavy atom. The van der Waals surface area contributed by atoms with E-state index in [4.69, 9.17) is 0 Å². The van der Waals surface area contributed by atoms with Crippen molar-refractivity contribution < 1.29 is 0 Å². The highest BCUT2D eigenvalue weighted by molar-refractivity contribution is 9.10. The van der Waals surface area contributed by atoms with E-state index in [1.54, 1.807) is 0 Å². The van der Waals surface area contributed by atoms with Crippen molar-refractivity contribution in [1.29, 1.82) is 0 Å². The smallest absolute Gasteiger partial charge is 0.197 e. The predicted octanol–water partition coefficient (Wildman–Crippen LogP) is 3.26. The summed E-state index contributed by atoms with van der Waals surface area (Å²) in [6.07, 6.45) is 0.932. The Morgan fingerprint density at radius 3 is 2.79 bits per heavy atom. The number of fused-ring (bicyclic) bond motifs is 1. The minimum atomic E-state index is 0.672. The zero-order valence-electron chi connectivity index (χ0n) is 8.21. The maximum atomic E-state index is 4.37. The van der Waals surface area contributed by atoms with Crippen molar-refractivity contribution >= 4 is 26.8 Å². The molecule has 0 aliphatic heterocycles. The van der Waals surface area contributed by atoms with E-state index in [1.165, 1.54) is 5.56 Å². The lowest BCUT2D eigenvalue weighted by Crippen LogP contribution is -1.94. The molecule has 0 unspecified atom stereocenters. The van der Waals surface area contributed by atoms with Gasteiger partial charge in [-0.25, -0.2) is 9.97 Å². The Morgan fingerprint density at radius 2 is 2.07 bits per heavy atom. The number of nitrogens with zero attached hydrogens (tertiary/aromatic N) is 2. The van der Waals surface area contributed by atoms with Crippen molar-refractivity contribution in [2.24, 2.45) is 0 Å². The second kappa shape index (κ2) is 3.65. The molecule has 14 heavy (non-hydrogen) atoms. The molecule has 0 aliphatic rings. The average molecular weight is 251 g/mol. The fraction of sp³-hybridized carbons (Fsp3) is 0.273. The fourth-order valence-corrected chi connectivity index (χ4v) is 1.95. The molecule has 0 fully saturated rings. The minimum absolute atomic E-state index is 0.672. The first kappa shape index (κ1) is 9.59. The number of rotatable bonds is 1. The van der Waals surface area contributed by atoms with Crippen molar-refractivity contribution in [2.75, 3.05) is 0 Å². The van der Waals surface area contributed by atoms with E-state index in [0.29, 0.717) is 4.73 Å². The molecule has 1 aromatic carbocycles. The second-order valence-electron chi connectivity index (χ2n) is 3.31. The predicted molar refractivity (Wildman–Crippen MR) is 61.4 cm³/mol. The van der Waals surface area contributed by atoms with Gasteiger partial charge >= 0.3 is 0 Å². The molecule has 72 valence electrons. The summed E-state index contributed by atoms with van der Waals surface area (Å²) in [6.45, 7) is 4.19. The molecule has 2 nitrogen and oxygen atoms in total. The molecule has 0 atom stereocenters. The monoisotopic (exact) mass is 250 g/mol. The average Bonchev–Trinajstić information content (AvgIpc) is 2.17. The molecule has 1 aromatic heterocycles. The van der Waals surface area contributed by atoms with Crippen molar-refractivity contribution in [2.45, 2.75) is 20.3 Å². The molecule has 0 radical (unpaired) electrons. The first-order chi connectivity index (χ1) is 6.70. The van der Waals surface area contributed by atoms with Crippen molar-refractivity contribution in [3.05, 3.63) is 34.2 Å². The lowest BCUT2D eigenvalue weighted by molar-refractivity contribution is 1.01. The number of aromatic nitrogens is 2. The van der Waals surface area contributed by atoms with E-state index in [9.17, 15) is 0 Å². The standard InChI is InChI=1S/C11H11BrN2/c1-3-9-8-6-7(2)4-5-10(8)14-11(12)13-9/h4-6H,3H2,1-2H3. The van der Waals surface area contributed by atoms with Crippen LogP contribution in [0, 0.1) is 6.92 Å². The summed E-state index contributed by atoms with van der Waals surface area (Å²) >= 11 is 3.32. The topological polar surface area (TPSA) is 25.8 Å². The van der Waals surface area contributed by atoms with Crippen LogP contribution < -0.4 is 0 Å². The van der Waals surface area contributed by atoms with Crippen LogP contribution in [-0.2, 0) is 6.42 Å². The van der Waals surface area contributed by atoms with E-state index in [2.05, 4.69) is 51.9 Å². The van der Waals surface area contributed by atoms with E-state index in [1.807, 2.05) is 6.07 Å². The van der Waals surface area contributed by atoms with Crippen LogP contribution in [0.4, 0.5) is 0 Å². The van der Waals surface area contributed by atoms with Gasteiger partial charge in [0.2, 0.25) is 0 Å². The van der Waals surface area contributed by atoms with Gasteiger partial charge in [0.15, 0.2) is 4.73 Å². The van der Waals surface area contributed by atoms with Crippen LogP contribution in [0.1, 0.15) is 18.2 Å². The minimum Gasteiger partial charge on any atom is -0.227 e. The van der Waals surface area contributed by atoms with Crippen LogP contribution in [0.25, 0.3) is 10.9 Å². The largest absolute Gasteiger partial charge is 0.227 e. The van der Waals surface area contributed by atoms with Crippen LogP contribution in [0.2, 0.25) is 0 Å². The maximum absolute atomic E-state index is 4.37. The third kappa shape index (κ3) is 1.64. The summed E-state index contributed by atoms with van der Waals surface area (Å²) in [5.41, 5.74) is 3.36. The quantitative estimate of drug-likeness (QED) is 0.727. The number of benzene rings is 1. The maximum Gasteiger partial charge on any atom is 0.197 e. The fourth-order valence-electron chi connectivity index (χ4n) is 1.54. The number of aryl methyl sites for hydroxylation is 2. The first-order valence-corrected chi connectivity index (χ1v) is 5.43. The molecule has 0 saturated carbocycles. The van der Waals surface area contributed by atoms with Gasteiger partial charge in [0.05, 0.1) is 11.2 Å². The van der Waals surface area contributed by atoms with Gasteiger partial charge in [0, 0.05) is 5.39 Å². The van der Waals surface area contributed by atoms with Crippen molar-refractivity contribution in [3.63, 3.8) is 0 Å². The lowest BCUT2D eigenvalue weighted by atomic mass is 10.1. The molecule has 3 heteroatoms. The van der Waals surface area contributed by atoms with Crippen LogP contribution in [0.5, 0.6) is 0 Å². The van der Waals surface area contributed by atoms with Crippen molar-refractivity contribution in [1.82, 2.24) is 9.97 Å². The third-order valence-electron chi connectivity index (χ3n) is 2.24. The van der Waals surface area contributed by atoms with Gasteiger partial charge in [-0.1, -0.05) is 18.6 Å². The second-order valence-corrected chi connectivity index (χ2v) is 4.02. The third-order valence-corrected chi connectivity index (χ3v) is 2.59. The Balaban J connectivity index is 2.81. The summed E-state index contributed by atoms with van der Waals surface area (Å²) in [6, 6.07) is 6.25. The van der Waals surface area contributed by atoms with Gasteiger partial charge in [-0.2, -0.15) is 0 Å².